The van der Waals surface area contributed by atoms with Gasteiger partial charge in [0, 0.05) is 36.6 Å². The molecule has 1 spiro atoms. The highest BCUT2D eigenvalue weighted by Gasteiger charge is 2.53. The van der Waals surface area contributed by atoms with Crippen LogP contribution in [-0.2, 0) is 21.3 Å². The monoisotopic (exact) mass is 555 g/mol. The number of halogens is 1. The Kier molecular flexibility index (Phi) is 7.01. The van der Waals surface area contributed by atoms with Crippen LogP contribution in [0.4, 0.5) is 0 Å². The van der Waals surface area contributed by atoms with Gasteiger partial charge in [0.2, 0.25) is 10.0 Å². The van der Waals surface area contributed by atoms with E-state index in [0.717, 1.165) is 49.8 Å². The number of aliphatic hydroxyl groups excluding tert-OH is 1. The van der Waals surface area contributed by atoms with Crippen LogP contribution >= 0.6 is 11.6 Å². The van der Waals surface area contributed by atoms with E-state index in [2.05, 4.69) is 34.1 Å². The van der Waals surface area contributed by atoms with Gasteiger partial charge in [-0.3, -0.25) is 9.80 Å². The summed E-state index contributed by atoms with van der Waals surface area (Å²) >= 11 is 6.09. The summed E-state index contributed by atoms with van der Waals surface area (Å²) in [5, 5.41) is 12.8. The number of hydrogen-bond donors (Lipinski definition) is 1. The number of nitrogens with zero attached hydrogens (tertiary/aromatic N) is 3. The molecule has 3 heterocycles. The summed E-state index contributed by atoms with van der Waals surface area (Å²) in [6, 6.07) is 21.1. The minimum Gasteiger partial charge on any atom is -0.392 e. The molecule has 9 heteroatoms. The van der Waals surface area contributed by atoms with Crippen molar-refractivity contribution in [3.05, 3.63) is 77.3 Å². The van der Waals surface area contributed by atoms with Crippen molar-refractivity contribution in [2.45, 2.75) is 30.0 Å². The Bertz CT molecular complexity index is 1410. The van der Waals surface area contributed by atoms with Crippen LogP contribution in [0.1, 0.15) is 18.4 Å². The fourth-order valence-corrected chi connectivity index (χ4v) is 7.91. The number of fused-ring (bicyclic) bond motifs is 2. The van der Waals surface area contributed by atoms with Crippen LogP contribution in [0.15, 0.2) is 71.6 Å². The molecule has 3 aliphatic heterocycles. The van der Waals surface area contributed by atoms with Gasteiger partial charge in [0.05, 0.1) is 24.7 Å². The Morgan fingerprint density at radius 3 is 2.39 bits per heavy atom. The van der Waals surface area contributed by atoms with E-state index in [1.807, 2.05) is 18.2 Å². The Morgan fingerprint density at radius 2 is 1.63 bits per heavy atom. The van der Waals surface area contributed by atoms with Gasteiger partial charge in [-0.2, -0.15) is 4.31 Å². The number of ether oxygens (including phenoxy) is 1. The van der Waals surface area contributed by atoms with Crippen LogP contribution in [0.25, 0.3) is 10.8 Å². The molecular weight excluding hydrogens is 522 g/mol. The van der Waals surface area contributed by atoms with E-state index in [1.165, 1.54) is 9.87 Å². The first-order valence-corrected chi connectivity index (χ1v) is 15.1. The molecule has 7 nitrogen and oxygen atoms in total. The van der Waals surface area contributed by atoms with Gasteiger partial charge in [0.25, 0.3) is 0 Å². The van der Waals surface area contributed by atoms with E-state index in [9.17, 15) is 13.5 Å². The standard InChI is InChI=1S/C29H34ClN3O4S/c30-26-8-6-25-17-27(9-7-24(25)16-26)38(35,36)33-15-14-32-19-28(22-37-29(32,20-33)21-34)10-12-31(13-11-28)18-23-4-2-1-3-5-23/h1-9,16-17,34H,10-15,18-22H2. The summed E-state index contributed by atoms with van der Waals surface area (Å²) in [4.78, 5) is 4.93. The van der Waals surface area contributed by atoms with Crippen LogP contribution < -0.4 is 0 Å². The van der Waals surface area contributed by atoms with Crippen molar-refractivity contribution in [2.24, 2.45) is 5.41 Å². The largest absolute Gasteiger partial charge is 0.392 e. The number of sulfonamides is 1. The normalized spacial score (nSPS) is 25.0. The van der Waals surface area contributed by atoms with Gasteiger partial charge in [-0.05, 0) is 66.5 Å². The molecule has 1 atom stereocenters. The number of hydrogen-bond acceptors (Lipinski definition) is 6. The molecule has 0 amide bonds. The quantitative estimate of drug-likeness (QED) is 0.516. The molecule has 0 aliphatic carbocycles. The molecule has 3 aromatic carbocycles. The van der Waals surface area contributed by atoms with E-state index in [1.54, 1.807) is 24.3 Å². The Labute approximate surface area is 229 Å². The van der Waals surface area contributed by atoms with Gasteiger partial charge >= 0.3 is 0 Å². The number of aliphatic hydroxyl groups is 1. The maximum atomic E-state index is 13.7. The molecule has 6 rings (SSSR count). The summed E-state index contributed by atoms with van der Waals surface area (Å²) in [5.41, 5.74) is 0.351. The maximum absolute atomic E-state index is 13.7. The van der Waals surface area contributed by atoms with E-state index in [0.29, 0.717) is 24.7 Å². The first-order valence-electron chi connectivity index (χ1n) is 13.3. The van der Waals surface area contributed by atoms with Gasteiger partial charge < -0.3 is 9.84 Å². The number of rotatable bonds is 5. The second kappa shape index (κ2) is 10.2. The second-order valence-electron chi connectivity index (χ2n) is 11.1. The highest BCUT2D eigenvalue weighted by atomic mass is 35.5. The predicted molar refractivity (Wildman–Crippen MR) is 148 cm³/mol. The molecule has 0 radical (unpaired) electrons. The molecular formula is C29H34ClN3O4S. The summed E-state index contributed by atoms with van der Waals surface area (Å²) in [7, 11) is -3.76. The lowest BCUT2D eigenvalue weighted by molar-refractivity contribution is -0.263. The SMILES string of the molecule is O=S(=O)(c1ccc2cc(Cl)ccc2c1)N1CCN2CC3(CCN(Cc4ccccc4)CC3)COC2(CO)C1. The molecule has 202 valence electrons. The molecule has 3 aromatic rings. The van der Waals surface area contributed by atoms with Gasteiger partial charge in [-0.25, -0.2) is 8.42 Å². The van der Waals surface area contributed by atoms with Gasteiger partial charge in [-0.15, -0.1) is 0 Å². The first kappa shape index (κ1) is 26.2. The third-order valence-corrected chi connectivity index (χ3v) is 10.7. The molecule has 0 aromatic heterocycles. The molecule has 1 N–H and O–H groups in total. The molecule has 38 heavy (non-hydrogen) atoms. The van der Waals surface area contributed by atoms with E-state index < -0.39 is 15.7 Å². The van der Waals surface area contributed by atoms with E-state index in [-0.39, 0.29) is 23.5 Å². The van der Waals surface area contributed by atoms with Crippen LogP contribution in [0.3, 0.4) is 0 Å². The number of benzene rings is 3. The predicted octanol–water partition coefficient (Wildman–Crippen LogP) is 3.80. The smallest absolute Gasteiger partial charge is 0.243 e. The first-order chi connectivity index (χ1) is 18.3. The number of likely N-dealkylation sites (tertiary alicyclic amines) is 1. The topological polar surface area (TPSA) is 73.3 Å². The Balaban J connectivity index is 1.14. The number of piperidine rings is 1. The second-order valence-corrected chi connectivity index (χ2v) is 13.4. The lowest BCUT2D eigenvalue weighted by atomic mass is 9.76. The maximum Gasteiger partial charge on any atom is 0.243 e. The summed E-state index contributed by atoms with van der Waals surface area (Å²) in [6.07, 6.45) is 2.06. The third-order valence-electron chi connectivity index (χ3n) is 8.62. The number of piperazine rings is 1. The van der Waals surface area contributed by atoms with E-state index >= 15 is 0 Å². The minimum atomic E-state index is -3.76. The highest BCUT2D eigenvalue weighted by molar-refractivity contribution is 7.89. The fraction of sp³-hybridized carbons (Fsp3) is 0.448. The molecule has 3 fully saturated rings. The summed E-state index contributed by atoms with van der Waals surface area (Å²) in [6.45, 7) is 5.08. The molecule has 0 saturated carbocycles. The van der Waals surface area contributed by atoms with Crippen molar-refractivity contribution < 1.29 is 18.3 Å². The van der Waals surface area contributed by atoms with Crippen molar-refractivity contribution in [3.63, 3.8) is 0 Å². The zero-order chi connectivity index (χ0) is 26.4. The summed E-state index contributed by atoms with van der Waals surface area (Å²) < 4.78 is 35.2. The van der Waals surface area contributed by atoms with Gasteiger partial charge in [0.1, 0.15) is 0 Å². The highest BCUT2D eigenvalue weighted by Crippen LogP contribution is 2.42. The van der Waals surface area contributed by atoms with Crippen LogP contribution in [0.2, 0.25) is 5.02 Å². The average molecular weight is 556 g/mol. The zero-order valence-electron chi connectivity index (χ0n) is 21.4. The summed E-state index contributed by atoms with van der Waals surface area (Å²) in [5.74, 6) is 0. The molecule has 1 unspecified atom stereocenters. The third kappa shape index (κ3) is 4.88. The van der Waals surface area contributed by atoms with Crippen molar-refractivity contribution in [1.82, 2.24) is 14.1 Å². The van der Waals surface area contributed by atoms with Crippen molar-refractivity contribution in [1.29, 1.82) is 0 Å². The lowest BCUT2D eigenvalue weighted by Crippen LogP contribution is -2.72. The van der Waals surface area contributed by atoms with Crippen molar-refractivity contribution in [2.75, 3.05) is 52.5 Å². The van der Waals surface area contributed by atoms with Crippen LogP contribution in [0.5, 0.6) is 0 Å². The molecule has 3 aliphatic rings. The van der Waals surface area contributed by atoms with Gasteiger partial charge in [-0.1, -0.05) is 54.1 Å². The van der Waals surface area contributed by atoms with Gasteiger partial charge in [0.15, 0.2) is 5.72 Å². The lowest BCUT2D eigenvalue weighted by Gasteiger charge is -2.58. The van der Waals surface area contributed by atoms with Crippen molar-refractivity contribution >= 4 is 32.4 Å². The van der Waals surface area contributed by atoms with Crippen molar-refractivity contribution in [3.8, 4) is 0 Å². The fourth-order valence-electron chi connectivity index (χ4n) is 6.22. The Hall–Kier alpha value is -2.04. The van der Waals surface area contributed by atoms with Crippen LogP contribution in [0, 0.1) is 5.41 Å². The van der Waals surface area contributed by atoms with Crippen LogP contribution in [-0.4, -0.2) is 85.8 Å². The van der Waals surface area contributed by atoms with E-state index in [4.69, 9.17) is 16.3 Å². The zero-order valence-corrected chi connectivity index (χ0v) is 23.0. The molecule has 3 saturated heterocycles. The molecule has 0 bridgehead atoms. The minimum absolute atomic E-state index is 0.0342. The Morgan fingerprint density at radius 1 is 0.895 bits per heavy atom. The average Bonchev–Trinajstić information content (AvgIpc) is 2.94.